The summed E-state index contributed by atoms with van der Waals surface area (Å²) in [6.45, 7) is 1.63. The van der Waals surface area contributed by atoms with Crippen molar-refractivity contribution in [3.8, 4) is 5.75 Å². The third kappa shape index (κ3) is 4.14. The zero-order chi connectivity index (χ0) is 21.3. The van der Waals surface area contributed by atoms with Crippen LogP contribution in [0.25, 0.3) is 10.9 Å². The maximum absolute atomic E-state index is 14.5. The molecule has 3 aromatic rings. The molecule has 154 valence electrons. The van der Waals surface area contributed by atoms with Gasteiger partial charge < -0.3 is 10.1 Å². The van der Waals surface area contributed by atoms with E-state index in [4.69, 9.17) is 4.74 Å². The Hall–Kier alpha value is -2.81. The number of fused-ring (bicyclic) bond motifs is 1. The van der Waals surface area contributed by atoms with Gasteiger partial charge in [0.1, 0.15) is 16.5 Å². The average Bonchev–Trinajstić information content (AvgIpc) is 2.66. The number of alkyl halides is 2. The fourth-order valence-electron chi connectivity index (χ4n) is 3.11. The number of rotatable bonds is 6. The Morgan fingerprint density at radius 1 is 1.14 bits per heavy atom. The van der Waals surface area contributed by atoms with E-state index in [0.717, 1.165) is 12.3 Å². The van der Waals surface area contributed by atoms with Gasteiger partial charge in [-0.2, -0.15) is 0 Å². The van der Waals surface area contributed by atoms with Gasteiger partial charge in [0.2, 0.25) is 0 Å². The molecule has 0 unspecified atom stereocenters. The predicted molar refractivity (Wildman–Crippen MR) is 105 cm³/mol. The molecule has 1 atom stereocenters. The van der Waals surface area contributed by atoms with Gasteiger partial charge in [0.15, 0.2) is 9.84 Å². The first-order valence-electron chi connectivity index (χ1n) is 8.63. The molecule has 0 fully saturated rings. The van der Waals surface area contributed by atoms with E-state index < -0.39 is 33.7 Å². The van der Waals surface area contributed by atoms with E-state index in [1.165, 1.54) is 37.6 Å². The molecule has 0 saturated carbocycles. The maximum atomic E-state index is 14.5. The van der Waals surface area contributed by atoms with Crippen LogP contribution in [0, 0.1) is 5.82 Å². The number of pyridine rings is 1. The molecule has 0 aliphatic heterocycles. The van der Waals surface area contributed by atoms with Crippen molar-refractivity contribution in [2.75, 3.05) is 18.7 Å². The molecule has 1 aromatic heterocycles. The van der Waals surface area contributed by atoms with Gasteiger partial charge >= 0.3 is 0 Å². The van der Waals surface area contributed by atoms with Crippen LogP contribution in [-0.2, 0) is 9.84 Å². The highest BCUT2D eigenvalue weighted by atomic mass is 32.2. The van der Waals surface area contributed by atoms with Crippen LogP contribution < -0.4 is 10.1 Å². The highest BCUT2D eigenvalue weighted by Crippen LogP contribution is 2.34. The van der Waals surface area contributed by atoms with Crippen LogP contribution in [0.2, 0.25) is 0 Å². The molecule has 29 heavy (non-hydrogen) atoms. The van der Waals surface area contributed by atoms with Crippen LogP contribution in [0.5, 0.6) is 5.75 Å². The number of hydrogen-bond donors (Lipinski definition) is 1. The molecule has 5 nitrogen and oxygen atoms in total. The average molecular weight is 424 g/mol. The minimum absolute atomic E-state index is 0.0120. The number of halogens is 3. The number of nitrogens with zero attached hydrogens (tertiary/aromatic N) is 1. The molecule has 1 N–H and O–H groups in total. The summed E-state index contributed by atoms with van der Waals surface area (Å²) in [4.78, 5) is 4.21. The Morgan fingerprint density at radius 3 is 2.45 bits per heavy atom. The van der Waals surface area contributed by atoms with Gasteiger partial charge in [-0.15, -0.1) is 0 Å². The number of anilines is 1. The van der Waals surface area contributed by atoms with Crippen molar-refractivity contribution in [3.63, 3.8) is 0 Å². The number of nitrogens with one attached hydrogen (secondary N) is 1. The minimum Gasteiger partial charge on any atom is -0.495 e. The lowest BCUT2D eigenvalue weighted by Crippen LogP contribution is -2.11. The SMILES string of the molecule is COc1cc2nccc(N[C@H](C)c3cccc(C(F)F)c3F)c2cc1S(C)(=O)=O. The van der Waals surface area contributed by atoms with Gasteiger partial charge in [-0.1, -0.05) is 18.2 Å². The zero-order valence-corrected chi connectivity index (χ0v) is 16.7. The minimum atomic E-state index is -3.58. The van der Waals surface area contributed by atoms with E-state index >= 15 is 0 Å². The number of benzene rings is 2. The van der Waals surface area contributed by atoms with Crippen LogP contribution in [0.15, 0.2) is 47.5 Å². The summed E-state index contributed by atoms with van der Waals surface area (Å²) in [7, 11) is -2.22. The van der Waals surface area contributed by atoms with Gasteiger partial charge in [0.25, 0.3) is 6.43 Å². The third-order valence-corrected chi connectivity index (χ3v) is 5.68. The topological polar surface area (TPSA) is 68.3 Å². The molecule has 9 heteroatoms. The van der Waals surface area contributed by atoms with Gasteiger partial charge in [0.05, 0.1) is 24.2 Å². The molecule has 0 radical (unpaired) electrons. The normalized spacial score (nSPS) is 12.9. The Balaban J connectivity index is 2.08. The number of methoxy groups -OCH3 is 1. The van der Waals surface area contributed by atoms with E-state index in [1.807, 2.05) is 0 Å². The quantitative estimate of drug-likeness (QED) is 0.610. The number of sulfone groups is 1. The lowest BCUT2D eigenvalue weighted by molar-refractivity contribution is 0.146. The zero-order valence-electron chi connectivity index (χ0n) is 15.9. The molecule has 2 aromatic carbocycles. The van der Waals surface area contributed by atoms with E-state index in [-0.39, 0.29) is 16.2 Å². The van der Waals surface area contributed by atoms with E-state index in [9.17, 15) is 21.6 Å². The first-order chi connectivity index (χ1) is 13.6. The van der Waals surface area contributed by atoms with Crippen molar-refractivity contribution in [1.82, 2.24) is 4.98 Å². The summed E-state index contributed by atoms with van der Waals surface area (Å²) in [5.74, 6) is -0.812. The molecular formula is C20H19F3N2O3S. The smallest absolute Gasteiger partial charge is 0.266 e. The Bertz CT molecular complexity index is 1170. The summed E-state index contributed by atoms with van der Waals surface area (Å²) in [6.07, 6.45) is -0.356. The number of hydrogen-bond acceptors (Lipinski definition) is 5. The van der Waals surface area contributed by atoms with Crippen LogP contribution in [0.4, 0.5) is 18.9 Å². The summed E-state index contributed by atoms with van der Waals surface area (Å²) < 4.78 is 69.9. The molecule has 3 rings (SSSR count). The summed E-state index contributed by atoms with van der Waals surface area (Å²) >= 11 is 0. The Morgan fingerprint density at radius 2 is 1.83 bits per heavy atom. The van der Waals surface area contributed by atoms with E-state index in [1.54, 1.807) is 13.0 Å². The molecule has 1 heterocycles. The van der Waals surface area contributed by atoms with Crippen LogP contribution in [-0.4, -0.2) is 26.8 Å². The van der Waals surface area contributed by atoms with Crippen molar-refractivity contribution in [3.05, 3.63) is 59.5 Å². The van der Waals surface area contributed by atoms with E-state index in [0.29, 0.717) is 16.6 Å². The molecule has 0 saturated heterocycles. The predicted octanol–water partition coefficient (Wildman–Crippen LogP) is 4.90. The van der Waals surface area contributed by atoms with Crippen LogP contribution in [0.1, 0.15) is 30.5 Å². The summed E-state index contributed by atoms with van der Waals surface area (Å²) in [5.41, 5.74) is 0.356. The van der Waals surface area contributed by atoms with Gasteiger partial charge in [-0.25, -0.2) is 21.6 Å². The van der Waals surface area contributed by atoms with Crippen molar-refractivity contribution < 1.29 is 26.3 Å². The van der Waals surface area contributed by atoms with Crippen LogP contribution in [0.3, 0.4) is 0 Å². The second kappa shape index (κ2) is 7.90. The molecular weight excluding hydrogens is 405 g/mol. The summed E-state index contributed by atoms with van der Waals surface area (Å²) in [6, 6.07) is 7.71. The monoisotopic (exact) mass is 424 g/mol. The first-order valence-corrected chi connectivity index (χ1v) is 10.5. The first kappa shape index (κ1) is 20.9. The lowest BCUT2D eigenvalue weighted by atomic mass is 10.0. The largest absolute Gasteiger partial charge is 0.495 e. The van der Waals surface area contributed by atoms with Crippen molar-refractivity contribution in [1.29, 1.82) is 0 Å². The third-order valence-electron chi connectivity index (χ3n) is 4.56. The summed E-state index contributed by atoms with van der Waals surface area (Å²) in [5, 5.41) is 3.54. The molecule has 0 bridgehead atoms. The Labute approximate surface area is 166 Å². The van der Waals surface area contributed by atoms with Crippen molar-refractivity contribution in [2.24, 2.45) is 0 Å². The molecule has 0 aliphatic carbocycles. The van der Waals surface area contributed by atoms with Crippen molar-refractivity contribution in [2.45, 2.75) is 24.3 Å². The van der Waals surface area contributed by atoms with Crippen molar-refractivity contribution >= 4 is 26.4 Å². The molecule has 0 amide bonds. The highest BCUT2D eigenvalue weighted by Gasteiger charge is 2.21. The second-order valence-electron chi connectivity index (χ2n) is 6.57. The second-order valence-corrected chi connectivity index (χ2v) is 8.55. The standard InChI is InChI=1S/C20H19F3N2O3S/c1-11(12-5-4-6-13(19(12)21)20(22)23)25-15-7-8-24-16-10-17(28-2)18(9-14(15)16)29(3,26)27/h4-11,20H,1-3H3,(H,24,25)/t11-/m1/s1. The number of ether oxygens (including phenoxy) is 1. The molecule has 0 aliphatic rings. The van der Waals surface area contributed by atoms with Gasteiger partial charge in [-0.05, 0) is 19.1 Å². The molecule has 0 spiro atoms. The number of aromatic nitrogens is 1. The van der Waals surface area contributed by atoms with Gasteiger partial charge in [0, 0.05) is 35.2 Å². The Kier molecular flexibility index (Phi) is 5.70. The maximum Gasteiger partial charge on any atom is 0.266 e. The lowest BCUT2D eigenvalue weighted by Gasteiger charge is -2.19. The van der Waals surface area contributed by atoms with Gasteiger partial charge in [-0.3, -0.25) is 4.98 Å². The highest BCUT2D eigenvalue weighted by molar-refractivity contribution is 7.90. The van der Waals surface area contributed by atoms with E-state index in [2.05, 4.69) is 10.3 Å². The van der Waals surface area contributed by atoms with Crippen LogP contribution >= 0.6 is 0 Å². The fraction of sp³-hybridized carbons (Fsp3) is 0.250. The fourth-order valence-corrected chi connectivity index (χ4v) is 3.95.